The van der Waals surface area contributed by atoms with Gasteiger partial charge in [0, 0.05) is 17.6 Å². The molecule has 12 heavy (non-hydrogen) atoms. The van der Waals surface area contributed by atoms with Crippen molar-refractivity contribution in [2.45, 2.75) is 4.90 Å². The number of para-hydroxylation sites is 1. The number of nitrogens with one attached hydrogen (secondary N) is 1. The van der Waals surface area contributed by atoms with Gasteiger partial charge in [-0.3, -0.25) is 4.21 Å². The van der Waals surface area contributed by atoms with Crippen molar-refractivity contribution >= 4 is 16.8 Å². The van der Waals surface area contributed by atoms with Gasteiger partial charge in [0.25, 0.3) is 0 Å². The first kappa shape index (κ1) is 12.1. The molecule has 0 saturated carbocycles. The summed E-state index contributed by atoms with van der Waals surface area (Å²) < 4.78 is 21.1. The Hall–Kier alpha value is 0.130. The summed E-state index contributed by atoms with van der Waals surface area (Å²) in [5.41, 5.74) is 0.626. The van der Waals surface area contributed by atoms with E-state index in [4.69, 9.17) is 0 Å². The molecule has 1 atom stereocenters. The van der Waals surface area contributed by atoms with Gasteiger partial charge in [-0.1, -0.05) is 12.1 Å². The molecule has 1 N–H and O–H groups in total. The molecule has 0 aromatic heterocycles. The maximum absolute atomic E-state index is 10.5. The van der Waals surface area contributed by atoms with Gasteiger partial charge in [0.05, 0.1) is 0 Å². The summed E-state index contributed by atoms with van der Waals surface area (Å²) in [6.45, 7) is 0. The van der Waals surface area contributed by atoms with Crippen molar-refractivity contribution in [3.8, 4) is 0 Å². The molecule has 1 aromatic rings. The van der Waals surface area contributed by atoms with E-state index >= 15 is 0 Å². The molecule has 0 aliphatic rings. The van der Waals surface area contributed by atoms with Crippen LogP contribution in [0.5, 0.6) is 0 Å². The number of benzene rings is 1. The van der Waals surface area contributed by atoms with Crippen molar-refractivity contribution in [3.05, 3.63) is 24.3 Å². The van der Waals surface area contributed by atoms with Gasteiger partial charge < -0.3 is 9.87 Å². The Kier molecular flexibility index (Phi) is 5.78. The van der Waals surface area contributed by atoms with Crippen molar-refractivity contribution in [1.82, 2.24) is 0 Å². The Morgan fingerprint density at radius 2 is 2.00 bits per heavy atom. The standard InChI is InChI=1S/C7H9NO2S.Na/c1-8-6-4-2-3-5-7(6)11(9)10;/h2-5,8H,1H3,(H,9,10);/q;+1/p-1. The molecule has 3 nitrogen and oxygen atoms in total. The quantitative estimate of drug-likeness (QED) is 0.435. The third-order valence-corrected chi connectivity index (χ3v) is 2.05. The zero-order valence-corrected chi connectivity index (χ0v) is 9.85. The zero-order chi connectivity index (χ0) is 8.27. The molecule has 0 amide bonds. The van der Waals surface area contributed by atoms with Crippen LogP contribution in [0.2, 0.25) is 0 Å². The monoisotopic (exact) mass is 193 g/mol. The minimum atomic E-state index is -2.15. The van der Waals surface area contributed by atoms with Crippen molar-refractivity contribution in [2.75, 3.05) is 12.4 Å². The molecule has 1 unspecified atom stereocenters. The SMILES string of the molecule is CNc1ccccc1S(=O)[O-].[Na+]. The zero-order valence-electron chi connectivity index (χ0n) is 7.03. The van der Waals surface area contributed by atoms with Gasteiger partial charge in [0.15, 0.2) is 0 Å². The van der Waals surface area contributed by atoms with Crippen LogP contribution in [0.4, 0.5) is 5.69 Å². The van der Waals surface area contributed by atoms with E-state index in [1.54, 1.807) is 31.3 Å². The maximum Gasteiger partial charge on any atom is 1.00 e. The molecule has 0 bridgehead atoms. The second-order valence-electron chi connectivity index (χ2n) is 1.98. The molecule has 1 rings (SSSR count). The molecule has 60 valence electrons. The molecule has 0 fully saturated rings. The fourth-order valence-corrected chi connectivity index (χ4v) is 1.36. The Morgan fingerprint density at radius 1 is 1.42 bits per heavy atom. The normalized spacial score (nSPS) is 11.5. The second-order valence-corrected chi connectivity index (χ2v) is 2.89. The van der Waals surface area contributed by atoms with Crippen LogP contribution in [-0.4, -0.2) is 15.8 Å². The summed E-state index contributed by atoms with van der Waals surface area (Å²) in [6, 6.07) is 6.73. The minimum absolute atomic E-state index is 0. The topological polar surface area (TPSA) is 52.2 Å². The van der Waals surface area contributed by atoms with Crippen molar-refractivity contribution in [3.63, 3.8) is 0 Å². The minimum Gasteiger partial charge on any atom is -0.768 e. The van der Waals surface area contributed by atoms with Crippen LogP contribution in [0, 0.1) is 0 Å². The summed E-state index contributed by atoms with van der Waals surface area (Å²) in [5.74, 6) is 0. The summed E-state index contributed by atoms with van der Waals surface area (Å²) >= 11 is -2.15. The first-order valence-electron chi connectivity index (χ1n) is 3.11. The number of rotatable bonds is 2. The van der Waals surface area contributed by atoms with Crippen LogP contribution in [0.25, 0.3) is 0 Å². The summed E-state index contributed by atoms with van der Waals surface area (Å²) in [4.78, 5) is 0.301. The first-order valence-corrected chi connectivity index (χ1v) is 4.19. The van der Waals surface area contributed by atoms with Crippen LogP contribution in [0.1, 0.15) is 0 Å². The Morgan fingerprint density at radius 3 is 2.42 bits per heavy atom. The molecule has 0 spiro atoms. The van der Waals surface area contributed by atoms with Gasteiger partial charge in [-0.2, -0.15) is 0 Å². The third kappa shape index (κ3) is 2.88. The van der Waals surface area contributed by atoms with Crippen LogP contribution in [0.15, 0.2) is 29.2 Å². The summed E-state index contributed by atoms with van der Waals surface area (Å²) in [5, 5.41) is 2.78. The predicted octanol–water partition coefficient (Wildman–Crippen LogP) is -2.03. The maximum atomic E-state index is 10.5. The van der Waals surface area contributed by atoms with Crippen LogP contribution in [-0.2, 0) is 11.1 Å². The fraction of sp³-hybridized carbons (Fsp3) is 0.143. The molecular formula is C7H8NNaO2S. The van der Waals surface area contributed by atoms with Gasteiger partial charge in [-0.25, -0.2) is 0 Å². The molecule has 1 aromatic carbocycles. The van der Waals surface area contributed by atoms with Crippen LogP contribution in [0.3, 0.4) is 0 Å². The number of hydrogen-bond acceptors (Lipinski definition) is 3. The van der Waals surface area contributed by atoms with E-state index in [0.717, 1.165) is 0 Å². The molecular weight excluding hydrogens is 185 g/mol. The molecule has 0 radical (unpaired) electrons. The van der Waals surface area contributed by atoms with E-state index in [1.807, 2.05) is 0 Å². The Labute approximate surface area is 96.1 Å². The molecule has 0 aliphatic heterocycles. The van der Waals surface area contributed by atoms with Crippen molar-refractivity contribution in [2.24, 2.45) is 0 Å². The first-order chi connectivity index (χ1) is 5.25. The second kappa shape index (κ2) is 5.72. The summed E-state index contributed by atoms with van der Waals surface area (Å²) in [7, 11) is 1.69. The van der Waals surface area contributed by atoms with Gasteiger partial charge >= 0.3 is 29.6 Å². The van der Waals surface area contributed by atoms with E-state index in [0.29, 0.717) is 10.6 Å². The van der Waals surface area contributed by atoms with Crippen LogP contribution < -0.4 is 34.9 Å². The van der Waals surface area contributed by atoms with Crippen LogP contribution >= 0.6 is 0 Å². The number of hydrogen-bond donors (Lipinski definition) is 1. The van der Waals surface area contributed by atoms with Gasteiger partial charge in [-0.15, -0.1) is 0 Å². The Balaban J connectivity index is 0.00000121. The molecule has 0 heterocycles. The number of anilines is 1. The van der Waals surface area contributed by atoms with Crippen molar-refractivity contribution in [1.29, 1.82) is 0 Å². The smallest absolute Gasteiger partial charge is 0.768 e. The summed E-state index contributed by atoms with van der Waals surface area (Å²) in [6.07, 6.45) is 0. The third-order valence-electron chi connectivity index (χ3n) is 1.34. The van der Waals surface area contributed by atoms with Crippen molar-refractivity contribution < 1.29 is 38.3 Å². The van der Waals surface area contributed by atoms with E-state index < -0.39 is 11.1 Å². The Bertz CT molecular complexity index is 280. The molecule has 5 heteroatoms. The average Bonchev–Trinajstić information content (AvgIpc) is 2.04. The van der Waals surface area contributed by atoms with E-state index in [1.165, 1.54) is 0 Å². The van der Waals surface area contributed by atoms with E-state index in [2.05, 4.69) is 5.32 Å². The van der Waals surface area contributed by atoms with E-state index in [-0.39, 0.29) is 29.6 Å². The largest absolute Gasteiger partial charge is 1.00 e. The average molecular weight is 193 g/mol. The molecule has 0 saturated heterocycles. The fourth-order valence-electron chi connectivity index (χ4n) is 0.819. The van der Waals surface area contributed by atoms with E-state index in [9.17, 15) is 8.76 Å². The van der Waals surface area contributed by atoms with Gasteiger partial charge in [0.1, 0.15) is 0 Å². The predicted molar refractivity (Wildman–Crippen MR) is 43.2 cm³/mol. The molecule has 0 aliphatic carbocycles. The van der Waals surface area contributed by atoms with Gasteiger partial charge in [-0.05, 0) is 23.2 Å². The van der Waals surface area contributed by atoms with Gasteiger partial charge in [0.2, 0.25) is 0 Å².